The van der Waals surface area contributed by atoms with Crippen LogP contribution < -0.4 is 5.32 Å². The molecule has 0 spiro atoms. The maximum atomic E-state index is 12.9. The van der Waals surface area contributed by atoms with Crippen molar-refractivity contribution in [3.05, 3.63) is 35.6 Å². The zero-order valence-electron chi connectivity index (χ0n) is 10.1. The van der Waals surface area contributed by atoms with Gasteiger partial charge in [-0.05, 0) is 30.5 Å². The number of nitrogens with one attached hydrogen (secondary N) is 1. The highest BCUT2D eigenvalue weighted by Gasteiger charge is 2.51. The molecule has 2 N–H and O–H groups in total. The predicted octanol–water partition coefficient (Wildman–Crippen LogP) is 1.60. The van der Waals surface area contributed by atoms with E-state index in [9.17, 15) is 18.0 Å². The van der Waals surface area contributed by atoms with Crippen molar-refractivity contribution in [2.75, 3.05) is 13.2 Å². The summed E-state index contributed by atoms with van der Waals surface area (Å²) in [6, 6.07) is 5.47. The van der Waals surface area contributed by atoms with Gasteiger partial charge in [0.2, 0.25) is 5.91 Å². The number of hydrogen-bond donors (Lipinski definition) is 2. The number of alkyl halides is 2. The second-order valence-corrected chi connectivity index (χ2v) is 4.79. The number of aliphatic hydroxyl groups is 1. The van der Waals surface area contributed by atoms with E-state index in [1.165, 1.54) is 24.3 Å². The summed E-state index contributed by atoms with van der Waals surface area (Å²) in [6.45, 7) is -2.21. The number of rotatable bonds is 5. The van der Waals surface area contributed by atoms with Crippen molar-refractivity contribution >= 4 is 5.91 Å². The van der Waals surface area contributed by atoms with Crippen molar-refractivity contribution in [2.45, 2.75) is 24.2 Å². The third-order valence-electron chi connectivity index (χ3n) is 3.32. The molecule has 3 nitrogen and oxygen atoms in total. The van der Waals surface area contributed by atoms with E-state index in [1.807, 2.05) is 0 Å². The fourth-order valence-electron chi connectivity index (χ4n) is 1.98. The van der Waals surface area contributed by atoms with Gasteiger partial charge >= 0.3 is 0 Å². The van der Waals surface area contributed by atoms with Crippen LogP contribution in [0.5, 0.6) is 0 Å². The van der Waals surface area contributed by atoms with Crippen LogP contribution in [0.2, 0.25) is 0 Å². The summed E-state index contributed by atoms with van der Waals surface area (Å²) >= 11 is 0. The van der Waals surface area contributed by atoms with Crippen LogP contribution in [0.25, 0.3) is 0 Å². The molecule has 1 fully saturated rings. The van der Waals surface area contributed by atoms with Gasteiger partial charge in [-0.1, -0.05) is 12.1 Å². The van der Waals surface area contributed by atoms with Crippen LogP contribution in [0.3, 0.4) is 0 Å². The molecule has 0 heterocycles. The standard InChI is InChI=1S/C13H14F3NO2/c14-10-3-1-9(2-4-10)12(5-6-12)11(19)17-7-13(15,16)8-18/h1-4,18H,5-8H2,(H,17,19). The molecule has 0 atom stereocenters. The van der Waals surface area contributed by atoms with Gasteiger partial charge in [-0.25, -0.2) is 13.2 Å². The van der Waals surface area contributed by atoms with E-state index in [0.717, 1.165) is 0 Å². The average molecular weight is 273 g/mol. The maximum Gasteiger partial charge on any atom is 0.287 e. The Morgan fingerprint density at radius 1 is 1.32 bits per heavy atom. The Balaban J connectivity index is 2.04. The summed E-state index contributed by atoms with van der Waals surface area (Å²) in [4.78, 5) is 12.0. The molecule has 19 heavy (non-hydrogen) atoms. The summed E-state index contributed by atoms with van der Waals surface area (Å²) in [6.07, 6.45) is 1.10. The number of benzene rings is 1. The molecule has 0 aliphatic heterocycles. The van der Waals surface area contributed by atoms with Crippen LogP contribution in [0.15, 0.2) is 24.3 Å². The van der Waals surface area contributed by atoms with Crippen molar-refractivity contribution < 1.29 is 23.1 Å². The molecule has 0 unspecified atom stereocenters. The van der Waals surface area contributed by atoms with Crippen LogP contribution in [0, 0.1) is 5.82 Å². The Labute approximate surface area is 108 Å². The number of amides is 1. The molecule has 1 aliphatic carbocycles. The number of aliphatic hydroxyl groups excluding tert-OH is 1. The van der Waals surface area contributed by atoms with E-state index >= 15 is 0 Å². The van der Waals surface area contributed by atoms with E-state index < -0.39 is 36.2 Å². The van der Waals surface area contributed by atoms with Crippen molar-refractivity contribution in [1.82, 2.24) is 5.32 Å². The molecule has 1 aliphatic rings. The molecule has 1 saturated carbocycles. The summed E-state index contributed by atoms with van der Waals surface area (Å²) in [5.41, 5.74) is -0.196. The van der Waals surface area contributed by atoms with Crippen molar-refractivity contribution in [3.63, 3.8) is 0 Å². The molecule has 1 aromatic carbocycles. The average Bonchev–Trinajstić information content (AvgIpc) is 3.18. The molecule has 104 valence electrons. The van der Waals surface area contributed by atoms with Crippen LogP contribution in [0.4, 0.5) is 13.2 Å². The molecule has 6 heteroatoms. The van der Waals surface area contributed by atoms with Crippen LogP contribution in [0.1, 0.15) is 18.4 Å². The minimum Gasteiger partial charge on any atom is -0.390 e. The fraction of sp³-hybridized carbons (Fsp3) is 0.462. The third kappa shape index (κ3) is 2.89. The molecular formula is C13H14F3NO2. The first kappa shape index (κ1) is 13.9. The fourth-order valence-corrected chi connectivity index (χ4v) is 1.98. The zero-order chi connectivity index (χ0) is 14.1. The molecule has 0 aromatic heterocycles. The first-order chi connectivity index (χ1) is 8.89. The highest BCUT2D eigenvalue weighted by Crippen LogP contribution is 2.48. The van der Waals surface area contributed by atoms with Gasteiger partial charge in [0.15, 0.2) is 0 Å². The minimum atomic E-state index is -3.32. The second-order valence-electron chi connectivity index (χ2n) is 4.79. The molecule has 2 rings (SSSR count). The molecule has 0 radical (unpaired) electrons. The number of carbonyl (C=O) groups is 1. The molecule has 0 bridgehead atoms. The molecule has 1 aromatic rings. The lowest BCUT2D eigenvalue weighted by atomic mass is 9.95. The van der Waals surface area contributed by atoms with Crippen molar-refractivity contribution in [1.29, 1.82) is 0 Å². The first-order valence-electron chi connectivity index (χ1n) is 5.93. The van der Waals surface area contributed by atoms with Gasteiger partial charge in [0.25, 0.3) is 5.92 Å². The maximum absolute atomic E-state index is 12.9. The Hall–Kier alpha value is -1.56. The normalized spacial score (nSPS) is 17.1. The lowest BCUT2D eigenvalue weighted by Crippen LogP contribution is -2.43. The predicted molar refractivity (Wildman–Crippen MR) is 62.4 cm³/mol. The van der Waals surface area contributed by atoms with E-state index in [-0.39, 0.29) is 0 Å². The summed E-state index contributed by atoms with van der Waals surface area (Å²) in [5.74, 6) is -4.24. The first-order valence-corrected chi connectivity index (χ1v) is 5.93. The van der Waals surface area contributed by atoms with Gasteiger partial charge in [0, 0.05) is 0 Å². The van der Waals surface area contributed by atoms with Crippen molar-refractivity contribution in [2.24, 2.45) is 0 Å². The second kappa shape index (κ2) is 4.85. The van der Waals surface area contributed by atoms with Crippen molar-refractivity contribution in [3.8, 4) is 0 Å². The lowest BCUT2D eigenvalue weighted by molar-refractivity contribution is -0.126. The molecular weight excluding hydrogens is 259 g/mol. The largest absolute Gasteiger partial charge is 0.390 e. The van der Waals surface area contributed by atoms with E-state index in [0.29, 0.717) is 18.4 Å². The highest BCUT2D eigenvalue weighted by molar-refractivity contribution is 5.91. The monoisotopic (exact) mass is 273 g/mol. The van der Waals surface area contributed by atoms with E-state index in [4.69, 9.17) is 5.11 Å². The molecule has 0 saturated heterocycles. The summed E-state index contributed by atoms with van der Waals surface area (Å²) < 4.78 is 38.5. The number of hydrogen-bond acceptors (Lipinski definition) is 2. The lowest BCUT2D eigenvalue weighted by Gasteiger charge is -2.19. The van der Waals surface area contributed by atoms with Gasteiger partial charge in [0.1, 0.15) is 12.4 Å². The Morgan fingerprint density at radius 3 is 2.37 bits per heavy atom. The van der Waals surface area contributed by atoms with E-state index in [1.54, 1.807) is 0 Å². The zero-order valence-corrected chi connectivity index (χ0v) is 10.1. The van der Waals surface area contributed by atoms with Crippen LogP contribution >= 0.6 is 0 Å². The smallest absolute Gasteiger partial charge is 0.287 e. The quantitative estimate of drug-likeness (QED) is 0.856. The Morgan fingerprint density at radius 2 is 1.89 bits per heavy atom. The molecule has 1 amide bonds. The van der Waals surface area contributed by atoms with Gasteiger partial charge in [0.05, 0.1) is 12.0 Å². The minimum absolute atomic E-state index is 0.410. The van der Waals surface area contributed by atoms with Gasteiger partial charge < -0.3 is 10.4 Å². The summed E-state index contributed by atoms with van der Waals surface area (Å²) in [5, 5.41) is 10.6. The number of carbonyl (C=O) groups excluding carboxylic acids is 1. The van der Waals surface area contributed by atoms with Gasteiger partial charge in [-0.2, -0.15) is 0 Å². The van der Waals surface area contributed by atoms with Gasteiger partial charge in [-0.15, -0.1) is 0 Å². The Kier molecular flexibility index (Phi) is 3.54. The third-order valence-corrected chi connectivity index (χ3v) is 3.32. The number of halogens is 3. The van der Waals surface area contributed by atoms with Crippen LogP contribution in [-0.2, 0) is 10.2 Å². The van der Waals surface area contributed by atoms with Gasteiger partial charge in [-0.3, -0.25) is 4.79 Å². The summed E-state index contributed by atoms with van der Waals surface area (Å²) in [7, 11) is 0. The Bertz CT molecular complexity index is 469. The highest BCUT2D eigenvalue weighted by atomic mass is 19.3. The van der Waals surface area contributed by atoms with E-state index in [2.05, 4.69) is 5.32 Å². The van der Waals surface area contributed by atoms with Crippen LogP contribution in [-0.4, -0.2) is 30.1 Å². The topological polar surface area (TPSA) is 49.3 Å². The SMILES string of the molecule is O=C(NCC(F)(F)CO)C1(c2ccc(F)cc2)CC1.